The van der Waals surface area contributed by atoms with E-state index in [2.05, 4.69) is 18.8 Å². The quantitative estimate of drug-likeness (QED) is 0.483. The van der Waals surface area contributed by atoms with Crippen LogP contribution in [0.1, 0.15) is 13.8 Å². The molecule has 0 saturated carbocycles. The van der Waals surface area contributed by atoms with Gasteiger partial charge in [0.05, 0.1) is 5.56 Å². The summed E-state index contributed by atoms with van der Waals surface area (Å²) in [6.45, 7) is 4.93. The Morgan fingerprint density at radius 1 is 1.30 bits per heavy atom. The molecule has 0 aliphatic carbocycles. The summed E-state index contributed by atoms with van der Waals surface area (Å²) in [7, 11) is -0.691. The number of halogens is 2. The Hall–Kier alpha value is -1.35. The zero-order valence-electron chi connectivity index (χ0n) is 15.4. The molecule has 2 aromatic rings. The fourth-order valence-electron chi connectivity index (χ4n) is 3.19. The smallest absolute Gasteiger partial charge is 0.391 e. The van der Waals surface area contributed by atoms with Crippen molar-refractivity contribution in [1.29, 1.82) is 0 Å². The van der Waals surface area contributed by atoms with Crippen LogP contribution in [0.5, 0.6) is 0 Å². The highest BCUT2D eigenvalue weighted by atomic mass is 79.9. The van der Waals surface area contributed by atoms with E-state index in [4.69, 9.17) is 4.42 Å². The van der Waals surface area contributed by atoms with E-state index in [-0.39, 0.29) is 28.3 Å². The van der Waals surface area contributed by atoms with Gasteiger partial charge in [0.1, 0.15) is 23.8 Å². The van der Waals surface area contributed by atoms with Crippen molar-refractivity contribution in [2.45, 2.75) is 13.8 Å². The van der Waals surface area contributed by atoms with Crippen molar-refractivity contribution in [2.75, 3.05) is 20.6 Å². The SMILES string of the molecule is CC(C)C[N+]1(N(C)C)C=Nc2cc(F)c(-c3ccc(P(=O)(O)O)o3)cc21.[Br-]. The minimum atomic E-state index is -4.53. The van der Waals surface area contributed by atoms with Gasteiger partial charge in [0.25, 0.3) is 0 Å². The van der Waals surface area contributed by atoms with Crippen molar-refractivity contribution < 1.29 is 40.1 Å². The van der Waals surface area contributed by atoms with E-state index in [1.54, 1.807) is 12.4 Å². The summed E-state index contributed by atoms with van der Waals surface area (Å²) in [5, 5.41) is 1.99. The molecule has 0 bridgehead atoms. The molecule has 7 nitrogen and oxygen atoms in total. The maximum Gasteiger partial charge on any atom is 0.391 e. The van der Waals surface area contributed by atoms with E-state index >= 15 is 0 Å². The first-order valence-electron chi connectivity index (χ1n) is 8.16. The Balaban J connectivity index is 0.00000261. The molecule has 2 heterocycles. The minimum absolute atomic E-state index is 0. The summed E-state index contributed by atoms with van der Waals surface area (Å²) in [6.07, 6.45) is 1.77. The van der Waals surface area contributed by atoms with Crippen LogP contribution in [0, 0.1) is 11.7 Å². The molecule has 10 heteroatoms. The minimum Gasteiger partial charge on any atom is -1.00 e. The Labute approximate surface area is 167 Å². The highest BCUT2D eigenvalue weighted by Gasteiger charge is 2.41. The molecule has 2 N–H and O–H groups in total. The van der Waals surface area contributed by atoms with E-state index in [1.165, 1.54) is 18.2 Å². The summed E-state index contributed by atoms with van der Waals surface area (Å²) < 4.78 is 31.5. The van der Waals surface area contributed by atoms with Crippen molar-refractivity contribution in [3.63, 3.8) is 0 Å². The molecule has 148 valence electrons. The highest BCUT2D eigenvalue weighted by Crippen LogP contribution is 2.44. The fourth-order valence-corrected chi connectivity index (χ4v) is 3.67. The van der Waals surface area contributed by atoms with Crippen molar-refractivity contribution >= 4 is 30.8 Å². The number of nitrogens with zero attached hydrogens (tertiary/aromatic N) is 3. The Morgan fingerprint density at radius 3 is 2.48 bits per heavy atom. The van der Waals surface area contributed by atoms with E-state index in [0.717, 1.165) is 12.2 Å². The number of hydrogen-bond acceptors (Lipinski definition) is 4. The Bertz CT molecular complexity index is 925. The summed E-state index contributed by atoms with van der Waals surface area (Å²) in [5.41, 5.74) is 0.970. The molecule has 0 amide bonds. The maximum atomic E-state index is 14.6. The van der Waals surface area contributed by atoms with Gasteiger partial charge in [-0.25, -0.2) is 4.39 Å². The topological polar surface area (TPSA) is 86.3 Å². The summed E-state index contributed by atoms with van der Waals surface area (Å²) >= 11 is 0. The molecule has 0 fully saturated rings. The van der Waals surface area contributed by atoms with Crippen LogP contribution in [-0.4, -0.2) is 41.8 Å². The van der Waals surface area contributed by atoms with Gasteiger partial charge >= 0.3 is 7.60 Å². The molecule has 0 spiro atoms. The molecular formula is C17H22BrFN3O4P. The van der Waals surface area contributed by atoms with E-state index in [9.17, 15) is 18.7 Å². The molecular weight excluding hydrogens is 440 g/mol. The molecule has 0 radical (unpaired) electrons. The van der Waals surface area contributed by atoms with Crippen LogP contribution in [-0.2, 0) is 4.57 Å². The van der Waals surface area contributed by atoms with Crippen LogP contribution in [0.2, 0.25) is 0 Å². The number of benzene rings is 1. The van der Waals surface area contributed by atoms with Crippen LogP contribution >= 0.6 is 7.60 Å². The number of hydrogen-bond donors (Lipinski definition) is 2. The lowest BCUT2D eigenvalue weighted by atomic mass is 10.1. The lowest BCUT2D eigenvalue weighted by molar-refractivity contribution is -0.0000113. The van der Waals surface area contributed by atoms with Crippen molar-refractivity contribution in [1.82, 2.24) is 9.60 Å². The number of furan rings is 1. The standard InChI is InChI=1S/C17H21FN3O4P.BrH/c1-11(2)9-21(20(3)4)10-19-14-8-13(18)12(7-15(14)21)16-5-6-17(25-16)26(22,23)24;/h5-8,10-11H,9H2,1-4H3,(H-,22,23,24);1H. The zero-order valence-corrected chi connectivity index (χ0v) is 17.9. The first-order chi connectivity index (χ1) is 12.0. The first kappa shape index (κ1) is 21.9. The summed E-state index contributed by atoms with van der Waals surface area (Å²) in [6, 6.07) is 5.50. The summed E-state index contributed by atoms with van der Waals surface area (Å²) in [4.78, 5) is 22.8. The van der Waals surface area contributed by atoms with Crippen LogP contribution in [0.15, 0.2) is 33.7 Å². The van der Waals surface area contributed by atoms with E-state index in [1.807, 2.05) is 19.1 Å². The molecule has 0 saturated heterocycles. The van der Waals surface area contributed by atoms with Gasteiger partial charge in [0, 0.05) is 32.1 Å². The van der Waals surface area contributed by atoms with Gasteiger partial charge in [-0.3, -0.25) is 4.57 Å². The lowest BCUT2D eigenvalue weighted by Gasteiger charge is -2.36. The predicted octanol–water partition coefficient (Wildman–Crippen LogP) is 0.00600. The predicted molar refractivity (Wildman–Crippen MR) is 99.1 cm³/mol. The van der Waals surface area contributed by atoms with Crippen molar-refractivity contribution in [3.05, 3.63) is 30.1 Å². The molecule has 1 aromatic carbocycles. The van der Waals surface area contributed by atoms with E-state index in [0.29, 0.717) is 16.2 Å². The van der Waals surface area contributed by atoms with Gasteiger partial charge in [0.15, 0.2) is 5.69 Å². The second-order valence-corrected chi connectivity index (χ2v) is 8.53. The monoisotopic (exact) mass is 461 g/mol. The fraction of sp³-hybridized carbons (Fsp3) is 0.353. The molecule has 1 aliphatic rings. The number of rotatable bonds is 5. The average molecular weight is 462 g/mol. The summed E-state index contributed by atoms with van der Waals surface area (Å²) in [5.74, 6) is -0.138. The van der Waals surface area contributed by atoms with Crippen LogP contribution < -0.4 is 27.1 Å². The second-order valence-electron chi connectivity index (χ2n) is 7.00. The lowest BCUT2D eigenvalue weighted by Crippen LogP contribution is -3.00. The molecule has 1 unspecified atom stereocenters. The van der Waals surface area contributed by atoms with Gasteiger partial charge in [-0.05, 0) is 12.1 Å². The Kier molecular flexibility index (Phi) is 6.16. The highest BCUT2D eigenvalue weighted by molar-refractivity contribution is 7.59. The van der Waals surface area contributed by atoms with Crippen molar-refractivity contribution in [3.8, 4) is 11.3 Å². The second kappa shape index (κ2) is 7.58. The molecule has 1 atom stereocenters. The maximum absolute atomic E-state index is 14.6. The van der Waals surface area contributed by atoms with Crippen LogP contribution in [0.4, 0.5) is 15.8 Å². The van der Waals surface area contributed by atoms with Crippen LogP contribution in [0.25, 0.3) is 11.3 Å². The molecule has 27 heavy (non-hydrogen) atoms. The average Bonchev–Trinajstić information content (AvgIpc) is 3.11. The number of quaternary nitrogens is 1. The largest absolute Gasteiger partial charge is 1.00 e. The molecule has 1 aliphatic heterocycles. The molecule has 3 rings (SSSR count). The number of aliphatic imine (C=N–C) groups is 1. The normalized spacial score (nSPS) is 18.9. The van der Waals surface area contributed by atoms with Crippen molar-refractivity contribution in [2.24, 2.45) is 10.9 Å². The first-order valence-corrected chi connectivity index (χ1v) is 9.77. The third-order valence-corrected chi connectivity index (χ3v) is 5.19. The van der Waals surface area contributed by atoms with Gasteiger partial charge in [-0.1, -0.05) is 13.8 Å². The van der Waals surface area contributed by atoms with Gasteiger partial charge in [0.2, 0.25) is 11.8 Å². The third kappa shape index (κ3) is 3.94. The Morgan fingerprint density at radius 2 is 1.96 bits per heavy atom. The molecule has 1 aromatic heterocycles. The van der Waals surface area contributed by atoms with Gasteiger partial charge < -0.3 is 31.2 Å². The van der Waals surface area contributed by atoms with Gasteiger partial charge in [-0.15, -0.1) is 0 Å². The van der Waals surface area contributed by atoms with Gasteiger partial charge in [-0.2, -0.15) is 14.6 Å². The van der Waals surface area contributed by atoms with Crippen LogP contribution in [0.3, 0.4) is 0 Å². The third-order valence-electron chi connectivity index (χ3n) is 4.37. The van der Waals surface area contributed by atoms with E-state index < -0.39 is 18.9 Å². The zero-order chi connectivity index (χ0) is 19.3. The number of fused-ring (bicyclic) bond motifs is 1.